The highest BCUT2D eigenvalue weighted by Crippen LogP contribution is 2.21. The van der Waals surface area contributed by atoms with E-state index in [1.54, 1.807) is 12.1 Å². The lowest BCUT2D eigenvalue weighted by Gasteiger charge is -2.31. The van der Waals surface area contributed by atoms with Gasteiger partial charge >= 0.3 is 0 Å². The molecule has 1 fully saturated rings. The molecule has 19 heavy (non-hydrogen) atoms. The number of carbonyl (C=O) groups is 1. The van der Waals surface area contributed by atoms with E-state index < -0.39 is 0 Å². The molecule has 0 saturated carbocycles. The van der Waals surface area contributed by atoms with Crippen LogP contribution in [0.15, 0.2) is 21.2 Å². The summed E-state index contributed by atoms with van der Waals surface area (Å²) < 4.78 is 11.2. The largest absolute Gasteiger partial charge is 0.444 e. The number of rotatable bonds is 4. The maximum absolute atomic E-state index is 12.1. The van der Waals surface area contributed by atoms with Crippen LogP contribution in [-0.4, -0.2) is 37.1 Å². The third-order valence-electron chi connectivity index (χ3n) is 3.22. The van der Waals surface area contributed by atoms with Gasteiger partial charge in [-0.05, 0) is 46.8 Å². The molecule has 5 heteroatoms. The number of terminal acetylenes is 1. The van der Waals surface area contributed by atoms with Crippen molar-refractivity contribution in [2.45, 2.75) is 12.8 Å². The molecule has 0 spiro atoms. The van der Waals surface area contributed by atoms with Gasteiger partial charge in [-0.3, -0.25) is 4.79 Å². The lowest BCUT2D eigenvalue weighted by atomic mass is 9.97. The summed E-state index contributed by atoms with van der Waals surface area (Å²) in [5.74, 6) is 3.28. The highest BCUT2D eigenvalue weighted by molar-refractivity contribution is 9.10. The zero-order valence-electron chi connectivity index (χ0n) is 10.6. The Morgan fingerprint density at radius 3 is 2.84 bits per heavy atom. The van der Waals surface area contributed by atoms with E-state index in [2.05, 4.69) is 21.9 Å². The second-order valence-electron chi connectivity index (χ2n) is 4.56. The van der Waals surface area contributed by atoms with Gasteiger partial charge in [-0.1, -0.05) is 5.92 Å². The van der Waals surface area contributed by atoms with E-state index in [0.29, 0.717) is 29.6 Å². The van der Waals surface area contributed by atoms with Crippen LogP contribution in [0, 0.1) is 18.3 Å². The fourth-order valence-corrected chi connectivity index (χ4v) is 2.48. The predicted octanol–water partition coefficient (Wildman–Crippen LogP) is 2.54. The van der Waals surface area contributed by atoms with Gasteiger partial charge in [0.25, 0.3) is 5.91 Å². The third kappa shape index (κ3) is 3.85. The van der Waals surface area contributed by atoms with Crippen molar-refractivity contribution in [2.75, 3.05) is 26.3 Å². The Labute approximate surface area is 121 Å². The molecule has 1 aromatic rings. The summed E-state index contributed by atoms with van der Waals surface area (Å²) in [7, 11) is 0. The van der Waals surface area contributed by atoms with Crippen molar-refractivity contribution in [3.63, 3.8) is 0 Å². The molecule has 0 atom stereocenters. The van der Waals surface area contributed by atoms with E-state index in [9.17, 15) is 4.79 Å². The Balaban J connectivity index is 1.80. The second kappa shape index (κ2) is 6.78. The molecule has 102 valence electrons. The van der Waals surface area contributed by atoms with Gasteiger partial charge in [-0.25, -0.2) is 0 Å². The molecule has 1 aliphatic heterocycles. The molecular formula is C14H16BrNO3. The van der Waals surface area contributed by atoms with Crippen molar-refractivity contribution in [1.82, 2.24) is 4.90 Å². The van der Waals surface area contributed by atoms with Crippen molar-refractivity contribution < 1.29 is 13.9 Å². The van der Waals surface area contributed by atoms with Crippen LogP contribution in [0.4, 0.5) is 0 Å². The summed E-state index contributed by atoms with van der Waals surface area (Å²) in [4.78, 5) is 14.0. The highest BCUT2D eigenvalue weighted by atomic mass is 79.9. The molecule has 2 rings (SSSR count). The molecule has 0 aromatic carbocycles. The van der Waals surface area contributed by atoms with E-state index in [4.69, 9.17) is 15.6 Å². The standard InChI is InChI=1S/C14H16BrNO3/c1-2-9-18-10-11-5-7-16(8-6-11)14(17)12-3-4-13(15)19-12/h1,3-4,11H,5-10H2. The lowest BCUT2D eigenvalue weighted by molar-refractivity contribution is 0.0555. The summed E-state index contributed by atoms with van der Waals surface area (Å²) >= 11 is 3.20. The highest BCUT2D eigenvalue weighted by Gasteiger charge is 2.25. The van der Waals surface area contributed by atoms with Gasteiger partial charge in [0.1, 0.15) is 6.61 Å². The first-order chi connectivity index (χ1) is 9.20. The normalized spacial score (nSPS) is 16.3. The fraction of sp³-hybridized carbons (Fsp3) is 0.500. The predicted molar refractivity (Wildman–Crippen MR) is 74.7 cm³/mol. The SMILES string of the molecule is C#CCOCC1CCN(C(=O)c2ccc(Br)o2)CC1. The Morgan fingerprint density at radius 2 is 2.26 bits per heavy atom. The van der Waals surface area contributed by atoms with Crippen LogP contribution in [0.1, 0.15) is 23.4 Å². The van der Waals surface area contributed by atoms with Crippen LogP contribution in [-0.2, 0) is 4.74 Å². The fourth-order valence-electron chi connectivity index (χ4n) is 2.17. The van der Waals surface area contributed by atoms with Crippen molar-refractivity contribution in [2.24, 2.45) is 5.92 Å². The molecule has 1 amide bonds. The number of nitrogens with zero attached hydrogens (tertiary/aromatic N) is 1. The lowest BCUT2D eigenvalue weighted by Crippen LogP contribution is -2.39. The van der Waals surface area contributed by atoms with Gasteiger partial charge in [0.15, 0.2) is 10.4 Å². The molecule has 1 saturated heterocycles. The number of piperidine rings is 1. The zero-order chi connectivity index (χ0) is 13.7. The zero-order valence-corrected chi connectivity index (χ0v) is 12.2. The van der Waals surface area contributed by atoms with Crippen molar-refractivity contribution >= 4 is 21.8 Å². The van der Waals surface area contributed by atoms with Crippen LogP contribution in [0.3, 0.4) is 0 Å². The second-order valence-corrected chi connectivity index (χ2v) is 5.34. The van der Waals surface area contributed by atoms with Gasteiger partial charge in [-0.2, -0.15) is 0 Å². The van der Waals surface area contributed by atoms with E-state index in [1.807, 2.05) is 4.90 Å². The monoisotopic (exact) mass is 325 g/mol. The number of halogens is 1. The molecule has 1 aliphatic rings. The quantitative estimate of drug-likeness (QED) is 0.631. The van der Waals surface area contributed by atoms with Crippen LogP contribution in [0.25, 0.3) is 0 Å². The summed E-state index contributed by atoms with van der Waals surface area (Å²) in [5, 5.41) is 0. The molecule has 2 heterocycles. The van der Waals surface area contributed by atoms with Crippen molar-refractivity contribution in [1.29, 1.82) is 0 Å². The molecular weight excluding hydrogens is 310 g/mol. The summed E-state index contributed by atoms with van der Waals surface area (Å²) in [6, 6.07) is 3.42. The Kier molecular flexibility index (Phi) is 5.06. The molecule has 4 nitrogen and oxygen atoms in total. The number of carbonyl (C=O) groups excluding carboxylic acids is 1. The number of ether oxygens (including phenoxy) is 1. The minimum atomic E-state index is -0.0475. The average Bonchev–Trinajstić information content (AvgIpc) is 2.86. The molecule has 0 N–H and O–H groups in total. The van der Waals surface area contributed by atoms with Crippen LogP contribution < -0.4 is 0 Å². The molecule has 0 aliphatic carbocycles. The minimum Gasteiger partial charge on any atom is -0.444 e. The summed E-state index contributed by atoms with van der Waals surface area (Å²) in [5.41, 5.74) is 0. The van der Waals surface area contributed by atoms with Gasteiger partial charge in [0.05, 0.1) is 6.61 Å². The topological polar surface area (TPSA) is 42.7 Å². The third-order valence-corrected chi connectivity index (χ3v) is 3.65. The van der Waals surface area contributed by atoms with E-state index in [0.717, 1.165) is 25.9 Å². The number of likely N-dealkylation sites (tertiary alicyclic amines) is 1. The van der Waals surface area contributed by atoms with Crippen molar-refractivity contribution in [3.05, 3.63) is 22.6 Å². The first-order valence-electron chi connectivity index (χ1n) is 6.26. The molecule has 0 bridgehead atoms. The molecule has 0 unspecified atom stereocenters. The first kappa shape index (κ1) is 14.2. The molecule has 0 radical (unpaired) electrons. The van der Waals surface area contributed by atoms with Gasteiger partial charge in [-0.15, -0.1) is 6.42 Å². The number of hydrogen-bond donors (Lipinski definition) is 0. The molecule has 1 aromatic heterocycles. The first-order valence-corrected chi connectivity index (χ1v) is 7.06. The number of furan rings is 1. The maximum Gasteiger partial charge on any atom is 0.289 e. The van der Waals surface area contributed by atoms with E-state index >= 15 is 0 Å². The van der Waals surface area contributed by atoms with Crippen LogP contribution in [0.2, 0.25) is 0 Å². The average molecular weight is 326 g/mol. The minimum absolute atomic E-state index is 0.0475. The van der Waals surface area contributed by atoms with Crippen LogP contribution in [0.5, 0.6) is 0 Å². The van der Waals surface area contributed by atoms with Crippen molar-refractivity contribution in [3.8, 4) is 12.3 Å². The Hall–Kier alpha value is -1.25. The number of hydrogen-bond acceptors (Lipinski definition) is 3. The van der Waals surface area contributed by atoms with E-state index in [1.165, 1.54) is 0 Å². The summed E-state index contributed by atoms with van der Waals surface area (Å²) in [6.07, 6.45) is 7.02. The van der Waals surface area contributed by atoms with Gasteiger partial charge < -0.3 is 14.1 Å². The van der Waals surface area contributed by atoms with Gasteiger partial charge in [0, 0.05) is 13.1 Å². The van der Waals surface area contributed by atoms with Gasteiger partial charge in [0.2, 0.25) is 0 Å². The Bertz CT molecular complexity index is 469. The number of amides is 1. The smallest absolute Gasteiger partial charge is 0.289 e. The summed E-state index contributed by atoms with van der Waals surface area (Å²) in [6.45, 7) is 2.51. The van der Waals surface area contributed by atoms with E-state index in [-0.39, 0.29) is 5.91 Å². The Morgan fingerprint density at radius 1 is 1.53 bits per heavy atom. The van der Waals surface area contributed by atoms with Crippen LogP contribution >= 0.6 is 15.9 Å². The maximum atomic E-state index is 12.1.